The smallest absolute Gasteiger partial charge is 0.0223 e. The highest BCUT2D eigenvalue weighted by Gasteiger charge is 2.27. The van der Waals surface area contributed by atoms with Gasteiger partial charge in [-0.1, -0.05) is 6.92 Å². The average Bonchev–Trinajstić information content (AvgIpc) is 2.30. The predicted octanol–water partition coefficient (Wildman–Crippen LogP) is 1.15. The standard InChI is InChI=1S/C13H27N3/c1-3-14-12-6-9-16(10-7-12)13-5-4-8-15(2)11-13/h12-14H,3-11H2,1-2H3. The fraction of sp³-hybridized carbons (Fsp3) is 1.00. The molecule has 2 saturated heterocycles. The van der Waals surface area contributed by atoms with Crippen LogP contribution in [0.1, 0.15) is 32.6 Å². The molecule has 0 aromatic heterocycles. The molecular weight excluding hydrogens is 198 g/mol. The third kappa shape index (κ3) is 3.19. The maximum absolute atomic E-state index is 3.58. The number of likely N-dealkylation sites (N-methyl/N-ethyl adjacent to an activating group) is 1. The highest BCUT2D eigenvalue weighted by Crippen LogP contribution is 2.19. The van der Waals surface area contributed by atoms with E-state index in [2.05, 4.69) is 29.1 Å². The van der Waals surface area contributed by atoms with Gasteiger partial charge in [0.25, 0.3) is 0 Å². The Morgan fingerprint density at radius 3 is 2.50 bits per heavy atom. The molecule has 0 aromatic carbocycles. The molecule has 2 aliphatic rings. The molecule has 16 heavy (non-hydrogen) atoms. The van der Waals surface area contributed by atoms with E-state index in [1.165, 1.54) is 51.9 Å². The van der Waals surface area contributed by atoms with Crippen LogP contribution in [-0.2, 0) is 0 Å². The minimum absolute atomic E-state index is 0.780. The number of piperidine rings is 2. The van der Waals surface area contributed by atoms with Crippen molar-refractivity contribution < 1.29 is 0 Å². The lowest BCUT2D eigenvalue weighted by Crippen LogP contribution is -2.51. The summed E-state index contributed by atoms with van der Waals surface area (Å²) in [4.78, 5) is 5.22. The summed E-state index contributed by atoms with van der Waals surface area (Å²) in [6.07, 6.45) is 5.48. The first kappa shape index (κ1) is 12.3. The van der Waals surface area contributed by atoms with E-state index >= 15 is 0 Å². The Balaban J connectivity index is 1.75. The largest absolute Gasteiger partial charge is 0.314 e. The highest BCUT2D eigenvalue weighted by molar-refractivity contribution is 4.84. The van der Waals surface area contributed by atoms with Crippen LogP contribution in [0.3, 0.4) is 0 Å². The van der Waals surface area contributed by atoms with E-state index in [1.807, 2.05) is 0 Å². The molecule has 0 aromatic rings. The molecular formula is C13H27N3. The molecule has 0 spiro atoms. The second-order valence-corrected chi connectivity index (χ2v) is 5.43. The summed E-state index contributed by atoms with van der Waals surface area (Å²) in [5.41, 5.74) is 0. The molecule has 0 radical (unpaired) electrons. The van der Waals surface area contributed by atoms with Gasteiger partial charge in [0.1, 0.15) is 0 Å². The van der Waals surface area contributed by atoms with Crippen LogP contribution in [0.2, 0.25) is 0 Å². The first-order valence-corrected chi connectivity index (χ1v) is 6.95. The zero-order chi connectivity index (χ0) is 11.4. The molecule has 2 fully saturated rings. The Morgan fingerprint density at radius 2 is 1.88 bits per heavy atom. The molecule has 0 aliphatic carbocycles. The first-order chi connectivity index (χ1) is 7.79. The normalized spacial score (nSPS) is 30.8. The number of rotatable bonds is 3. The van der Waals surface area contributed by atoms with Gasteiger partial charge in [0.2, 0.25) is 0 Å². The van der Waals surface area contributed by atoms with Crippen molar-refractivity contribution in [1.82, 2.24) is 15.1 Å². The molecule has 2 aliphatic heterocycles. The number of hydrogen-bond donors (Lipinski definition) is 1. The van der Waals surface area contributed by atoms with Crippen molar-refractivity contribution in [1.29, 1.82) is 0 Å². The lowest BCUT2D eigenvalue weighted by Gasteiger charge is -2.41. The zero-order valence-electron chi connectivity index (χ0n) is 10.9. The molecule has 1 unspecified atom stereocenters. The van der Waals surface area contributed by atoms with Crippen LogP contribution >= 0.6 is 0 Å². The summed E-state index contributed by atoms with van der Waals surface area (Å²) in [5, 5.41) is 3.58. The fourth-order valence-electron chi connectivity index (χ4n) is 3.19. The molecule has 2 rings (SSSR count). The molecule has 1 atom stereocenters. The van der Waals surface area contributed by atoms with Crippen molar-refractivity contribution in [2.45, 2.75) is 44.7 Å². The summed E-state index contributed by atoms with van der Waals surface area (Å²) >= 11 is 0. The first-order valence-electron chi connectivity index (χ1n) is 6.95. The molecule has 1 N–H and O–H groups in total. The van der Waals surface area contributed by atoms with Gasteiger partial charge in [0.05, 0.1) is 0 Å². The van der Waals surface area contributed by atoms with Crippen molar-refractivity contribution in [2.75, 3.05) is 39.8 Å². The Hall–Kier alpha value is -0.120. The third-order valence-electron chi connectivity index (χ3n) is 4.14. The topological polar surface area (TPSA) is 18.5 Å². The summed E-state index contributed by atoms with van der Waals surface area (Å²) in [6.45, 7) is 8.52. The van der Waals surface area contributed by atoms with Gasteiger partial charge in [0, 0.05) is 18.6 Å². The van der Waals surface area contributed by atoms with Crippen LogP contribution < -0.4 is 5.32 Å². The second kappa shape index (κ2) is 5.99. The van der Waals surface area contributed by atoms with E-state index in [0.29, 0.717) is 0 Å². The molecule has 0 bridgehead atoms. The van der Waals surface area contributed by atoms with Crippen LogP contribution in [0.15, 0.2) is 0 Å². The van der Waals surface area contributed by atoms with E-state index in [-0.39, 0.29) is 0 Å². The SMILES string of the molecule is CCNC1CCN(C2CCCN(C)C2)CC1. The van der Waals surface area contributed by atoms with Crippen molar-refractivity contribution in [3.05, 3.63) is 0 Å². The van der Waals surface area contributed by atoms with Crippen molar-refractivity contribution in [2.24, 2.45) is 0 Å². The van der Waals surface area contributed by atoms with E-state index in [0.717, 1.165) is 18.6 Å². The van der Waals surface area contributed by atoms with Crippen molar-refractivity contribution >= 4 is 0 Å². The Kier molecular flexibility index (Phi) is 4.62. The summed E-state index contributed by atoms with van der Waals surface area (Å²) in [5.74, 6) is 0. The molecule has 3 nitrogen and oxygen atoms in total. The Morgan fingerprint density at radius 1 is 1.12 bits per heavy atom. The zero-order valence-corrected chi connectivity index (χ0v) is 10.9. The summed E-state index contributed by atoms with van der Waals surface area (Å²) in [6, 6.07) is 1.61. The van der Waals surface area contributed by atoms with Gasteiger partial charge in [-0.05, 0) is 58.9 Å². The van der Waals surface area contributed by atoms with Gasteiger partial charge in [-0.25, -0.2) is 0 Å². The van der Waals surface area contributed by atoms with Gasteiger partial charge in [-0.15, -0.1) is 0 Å². The number of hydrogen-bond acceptors (Lipinski definition) is 3. The summed E-state index contributed by atoms with van der Waals surface area (Å²) in [7, 11) is 2.26. The summed E-state index contributed by atoms with van der Waals surface area (Å²) < 4.78 is 0. The minimum atomic E-state index is 0.780. The number of nitrogens with zero attached hydrogens (tertiary/aromatic N) is 2. The maximum Gasteiger partial charge on any atom is 0.0223 e. The Labute approximate surface area is 100 Å². The van der Waals surface area contributed by atoms with Gasteiger partial charge in [0.15, 0.2) is 0 Å². The van der Waals surface area contributed by atoms with E-state index in [9.17, 15) is 0 Å². The monoisotopic (exact) mass is 225 g/mol. The molecule has 0 saturated carbocycles. The van der Waals surface area contributed by atoms with Gasteiger partial charge < -0.3 is 10.2 Å². The van der Waals surface area contributed by atoms with E-state index < -0.39 is 0 Å². The highest BCUT2D eigenvalue weighted by atomic mass is 15.2. The van der Waals surface area contributed by atoms with Gasteiger partial charge in [-0.2, -0.15) is 0 Å². The quantitative estimate of drug-likeness (QED) is 0.777. The molecule has 2 heterocycles. The van der Waals surface area contributed by atoms with Crippen molar-refractivity contribution in [3.63, 3.8) is 0 Å². The molecule has 3 heteroatoms. The molecule has 94 valence electrons. The van der Waals surface area contributed by atoms with E-state index in [4.69, 9.17) is 0 Å². The Bertz CT molecular complexity index is 199. The second-order valence-electron chi connectivity index (χ2n) is 5.43. The number of likely N-dealkylation sites (tertiary alicyclic amines) is 2. The number of nitrogens with one attached hydrogen (secondary N) is 1. The van der Waals surface area contributed by atoms with Crippen LogP contribution in [0.25, 0.3) is 0 Å². The van der Waals surface area contributed by atoms with E-state index in [1.54, 1.807) is 0 Å². The minimum Gasteiger partial charge on any atom is -0.314 e. The van der Waals surface area contributed by atoms with Gasteiger partial charge >= 0.3 is 0 Å². The van der Waals surface area contributed by atoms with Crippen LogP contribution in [-0.4, -0.2) is 61.7 Å². The average molecular weight is 225 g/mol. The fourth-order valence-corrected chi connectivity index (χ4v) is 3.19. The molecule has 0 amide bonds. The van der Waals surface area contributed by atoms with Crippen LogP contribution in [0.4, 0.5) is 0 Å². The van der Waals surface area contributed by atoms with Crippen LogP contribution in [0.5, 0.6) is 0 Å². The van der Waals surface area contributed by atoms with Crippen molar-refractivity contribution in [3.8, 4) is 0 Å². The predicted molar refractivity (Wildman–Crippen MR) is 68.8 cm³/mol. The lowest BCUT2D eigenvalue weighted by molar-refractivity contribution is 0.0855. The maximum atomic E-state index is 3.58. The third-order valence-corrected chi connectivity index (χ3v) is 4.14. The lowest BCUT2D eigenvalue weighted by atomic mass is 9.99. The van der Waals surface area contributed by atoms with Crippen LogP contribution in [0, 0.1) is 0 Å². The van der Waals surface area contributed by atoms with Gasteiger partial charge in [-0.3, -0.25) is 4.90 Å².